The van der Waals surface area contributed by atoms with Crippen molar-refractivity contribution >= 4 is 11.9 Å². The molecule has 144 valence electrons. The van der Waals surface area contributed by atoms with Crippen molar-refractivity contribution in [2.45, 2.75) is 39.7 Å². The summed E-state index contributed by atoms with van der Waals surface area (Å²) in [4.78, 5) is 24.0. The second-order valence-corrected chi connectivity index (χ2v) is 6.54. The van der Waals surface area contributed by atoms with Gasteiger partial charge in [0.25, 0.3) is 5.91 Å². The predicted molar refractivity (Wildman–Crippen MR) is 105 cm³/mol. The van der Waals surface area contributed by atoms with Crippen LogP contribution in [0.5, 0.6) is 5.75 Å². The molecule has 2 aromatic rings. The van der Waals surface area contributed by atoms with Gasteiger partial charge in [0.2, 0.25) is 0 Å². The van der Waals surface area contributed by atoms with Crippen LogP contribution in [-0.4, -0.2) is 25.1 Å². The van der Waals surface area contributed by atoms with Crippen LogP contribution in [0.15, 0.2) is 48.5 Å². The molecule has 1 amide bonds. The van der Waals surface area contributed by atoms with Crippen LogP contribution in [0.1, 0.15) is 42.5 Å². The first-order chi connectivity index (χ1) is 13.0. The predicted octanol–water partition coefficient (Wildman–Crippen LogP) is 3.88. The van der Waals surface area contributed by atoms with Crippen LogP contribution in [0.3, 0.4) is 0 Å². The zero-order valence-corrected chi connectivity index (χ0v) is 16.2. The first kappa shape index (κ1) is 20.5. The number of rotatable bonds is 9. The van der Waals surface area contributed by atoms with Crippen LogP contribution in [0, 0.1) is 13.8 Å². The Kier molecular flexibility index (Phi) is 7.86. The summed E-state index contributed by atoms with van der Waals surface area (Å²) in [5, 5.41) is 2.92. The Hall–Kier alpha value is -2.82. The molecular weight excluding hydrogens is 342 g/mol. The SMILES string of the molecule is CCC[C@@H](NC(=O)COC(=O)COc1ccc(C)cc1C)c1ccccc1. The Morgan fingerprint density at radius 1 is 1.04 bits per heavy atom. The summed E-state index contributed by atoms with van der Waals surface area (Å²) in [6.07, 6.45) is 1.75. The maximum Gasteiger partial charge on any atom is 0.344 e. The standard InChI is InChI=1S/C22H27NO4/c1-4-8-19(18-9-6-5-7-10-18)23-21(24)14-27-22(25)15-26-20-12-11-16(2)13-17(20)3/h5-7,9-13,19H,4,8,14-15H2,1-3H3,(H,23,24)/t19-/m1/s1. The third-order valence-electron chi connectivity index (χ3n) is 4.15. The monoisotopic (exact) mass is 369 g/mol. The van der Waals surface area contributed by atoms with E-state index < -0.39 is 5.97 Å². The lowest BCUT2D eigenvalue weighted by atomic mass is 10.0. The average Bonchev–Trinajstić information content (AvgIpc) is 2.66. The Morgan fingerprint density at radius 3 is 2.44 bits per heavy atom. The summed E-state index contributed by atoms with van der Waals surface area (Å²) in [5.41, 5.74) is 3.11. The Balaban J connectivity index is 1.79. The third-order valence-corrected chi connectivity index (χ3v) is 4.15. The molecule has 0 saturated heterocycles. The Morgan fingerprint density at radius 2 is 1.78 bits per heavy atom. The summed E-state index contributed by atoms with van der Waals surface area (Å²) in [6, 6.07) is 15.4. The maximum atomic E-state index is 12.1. The van der Waals surface area contributed by atoms with E-state index in [0.717, 1.165) is 29.5 Å². The van der Waals surface area contributed by atoms with Crippen LogP contribution >= 0.6 is 0 Å². The van der Waals surface area contributed by atoms with E-state index in [4.69, 9.17) is 9.47 Å². The minimum atomic E-state index is -0.572. The third kappa shape index (κ3) is 6.77. The van der Waals surface area contributed by atoms with E-state index in [1.54, 1.807) is 0 Å². The zero-order valence-electron chi connectivity index (χ0n) is 16.2. The highest BCUT2D eigenvalue weighted by Gasteiger charge is 2.15. The molecule has 0 unspecified atom stereocenters. The number of carbonyl (C=O) groups is 2. The molecule has 0 spiro atoms. The molecule has 5 nitrogen and oxygen atoms in total. The minimum Gasteiger partial charge on any atom is -0.482 e. The second kappa shape index (κ2) is 10.4. The van der Waals surface area contributed by atoms with Gasteiger partial charge < -0.3 is 14.8 Å². The van der Waals surface area contributed by atoms with E-state index in [1.807, 2.05) is 62.4 Å². The number of benzene rings is 2. The van der Waals surface area contributed by atoms with Crippen molar-refractivity contribution in [2.75, 3.05) is 13.2 Å². The van der Waals surface area contributed by atoms with E-state index in [1.165, 1.54) is 0 Å². The molecule has 2 rings (SSSR count). The van der Waals surface area contributed by atoms with Crippen LogP contribution in [0.2, 0.25) is 0 Å². The lowest BCUT2D eigenvalue weighted by Gasteiger charge is -2.18. The summed E-state index contributed by atoms with van der Waals surface area (Å²) in [5.74, 6) is -0.261. The van der Waals surface area contributed by atoms with Gasteiger partial charge in [-0.1, -0.05) is 61.4 Å². The highest BCUT2D eigenvalue weighted by molar-refractivity contribution is 5.81. The number of hydrogen-bond acceptors (Lipinski definition) is 4. The van der Waals surface area contributed by atoms with Gasteiger partial charge >= 0.3 is 5.97 Å². The molecule has 0 saturated carbocycles. The fraction of sp³-hybridized carbons (Fsp3) is 0.364. The summed E-state index contributed by atoms with van der Waals surface area (Å²) >= 11 is 0. The molecule has 0 bridgehead atoms. The lowest BCUT2D eigenvalue weighted by molar-refractivity contribution is -0.150. The van der Waals surface area contributed by atoms with E-state index in [9.17, 15) is 9.59 Å². The van der Waals surface area contributed by atoms with E-state index >= 15 is 0 Å². The fourth-order valence-electron chi connectivity index (χ4n) is 2.82. The zero-order chi connectivity index (χ0) is 19.6. The molecular formula is C22H27NO4. The van der Waals surface area contributed by atoms with Gasteiger partial charge in [0, 0.05) is 0 Å². The van der Waals surface area contributed by atoms with Gasteiger partial charge in [-0.2, -0.15) is 0 Å². The number of hydrogen-bond donors (Lipinski definition) is 1. The number of aryl methyl sites for hydroxylation is 2. The number of esters is 1. The largest absolute Gasteiger partial charge is 0.482 e. The van der Waals surface area contributed by atoms with Gasteiger partial charge in [-0.25, -0.2) is 4.79 Å². The highest BCUT2D eigenvalue weighted by Crippen LogP contribution is 2.19. The van der Waals surface area contributed by atoms with Crippen molar-refractivity contribution in [3.05, 3.63) is 65.2 Å². The molecule has 0 aromatic heterocycles. The molecule has 0 aliphatic rings. The van der Waals surface area contributed by atoms with Crippen molar-refractivity contribution in [3.63, 3.8) is 0 Å². The normalized spacial score (nSPS) is 11.5. The molecule has 0 aliphatic carbocycles. The van der Waals surface area contributed by atoms with Crippen LogP contribution in [-0.2, 0) is 14.3 Å². The molecule has 0 radical (unpaired) electrons. The van der Waals surface area contributed by atoms with Gasteiger partial charge in [-0.15, -0.1) is 0 Å². The summed E-state index contributed by atoms with van der Waals surface area (Å²) < 4.78 is 10.5. The average molecular weight is 369 g/mol. The fourth-order valence-corrected chi connectivity index (χ4v) is 2.82. The van der Waals surface area contributed by atoms with Gasteiger partial charge in [-0.05, 0) is 37.5 Å². The molecule has 2 aromatic carbocycles. The van der Waals surface area contributed by atoms with E-state index in [0.29, 0.717) is 5.75 Å². The number of ether oxygens (including phenoxy) is 2. The number of nitrogens with one attached hydrogen (secondary N) is 1. The van der Waals surface area contributed by atoms with Gasteiger partial charge in [-0.3, -0.25) is 4.79 Å². The van der Waals surface area contributed by atoms with Gasteiger partial charge in [0.05, 0.1) is 6.04 Å². The molecule has 1 N–H and O–H groups in total. The molecule has 27 heavy (non-hydrogen) atoms. The molecule has 1 atom stereocenters. The van der Waals surface area contributed by atoms with Crippen molar-refractivity contribution in [3.8, 4) is 5.75 Å². The van der Waals surface area contributed by atoms with Crippen LogP contribution < -0.4 is 10.1 Å². The second-order valence-electron chi connectivity index (χ2n) is 6.54. The van der Waals surface area contributed by atoms with E-state index in [2.05, 4.69) is 12.2 Å². The molecule has 0 heterocycles. The van der Waals surface area contributed by atoms with Crippen LogP contribution in [0.25, 0.3) is 0 Å². The van der Waals surface area contributed by atoms with Crippen molar-refractivity contribution in [1.82, 2.24) is 5.32 Å². The van der Waals surface area contributed by atoms with Crippen molar-refractivity contribution < 1.29 is 19.1 Å². The summed E-state index contributed by atoms with van der Waals surface area (Å²) in [6.45, 7) is 5.42. The summed E-state index contributed by atoms with van der Waals surface area (Å²) in [7, 11) is 0. The first-order valence-corrected chi connectivity index (χ1v) is 9.19. The molecule has 0 fully saturated rings. The van der Waals surface area contributed by atoms with Gasteiger partial charge in [0.15, 0.2) is 13.2 Å². The van der Waals surface area contributed by atoms with Gasteiger partial charge in [0.1, 0.15) is 5.75 Å². The number of amides is 1. The quantitative estimate of drug-likeness (QED) is 0.681. The molecule has 5 heteroatoms. The Bertz CT molecular complexity index is 758. The smallest absolute Gasteiger partial charge is 0.344 e. The molecule has 0 aliphatic heterocycles. The first-order valence-electron chi connectivity index (χ1n) is 9.19. The van der Waals surface area contributed by atoms with Crippen molar-refractivity contribution in [2.24, 2.45) is 0 Å². The lowest BCUT2D eigenvalue weighted by Crippen LogP contribution is -2.33. The number of carbonyl (C=O) groups excluding carboxylic acids is 2. The van der Waals surface area contributed by atoms with Crippen molar-refractivity contribution in [1.29, 1.82) is 0 Å². The van der Waals surface area contributed by atoms with E-state index in [-0.39, 0.29) is 25.2 Å². The minimum absolute atomic E-state index is 0.0890. The Labute approximate surface area is 160 Å². The highest BCUT2D eigenvalue weighted by atomic mass is 16.6. The van der Waals surface area contributed by atoms with Crippen LogP contribution in [0.4, 0.5) is 0 Å². The topological polar surface area (TPSA) is 64.6 Å². The maximum absolute atomic E-state index is 12.1.